The van der Waals surface area contributed by atoms with Crippen molar-refractivity contribution in [3.63, 3.8) is 0 Å². The minimum absolute atomic E-state index is 0.371. The Labute approximate surface area is 94.9 Å². The van der Waals surface area contributed by atoms with Crippen molar-refractivity contribution in [1.82, 2.24) is 29.6 Å². The molecule has 0 saturated carbocycles. The van der Waals surface area contributed by atoms with Crippen LogP contribution in [0, 0.1) is 0 Å². The molecule has 3 heterocycles. The third-order valence-corrected chi connectivity index (χ3v) is 2.24. The van der Waals surface area contributed by atoms with Crippen molar-refractivity contribution in [3.05, 3.63) is 34.9 Å². The van der Waals surface area contributed by atoms with E-state index in [0.29, 0.717) is 17.3 Å². The Kier molecular flexibility index (Phi) is 1.94. The fourth-order valence-electron chi connectivity index (χ4n) is 1.48. The maximum absolute atomic E-state index is 11.3. The van der Waals surface area contributed by atoms with Crippen LogP contribution in [0.15, 0.2) is 29.2 Å². The molecule has 0 aliphatic carbocycles. The van der Waals surface area contributed by atoms with E-state index in [9.17, 15) is 4.79 Å². The first-order chi connectivity index (χ1) is 8.22. The summed E-state index contributed by atoms with van der Waals surface area (Å²) in [7, 11) is 1.82. The number of anilines is 2. The minimum atomic E-state index is -0.371. The standard InChI is InChI=1S/C9H9N7O/c1-15-5-4-7(13-15)10-6-2-3-8-11-12-9(17)16(8)14-6/h2-5H,1H3,(H,12,17)(H,10,13,14). The summed E-state index contributed by atoms with van der Waals surface area (Å²) in [6, 6.07) is 5.23. The van der Waals surface area contributed by atoms with E-state index >= 15 is 0 Å². The van der Waals surface area contributed by atoms with E-state index in [1.165, 1.54) is 4.52 Å². The van der Waals surface area contributed by atoms with E-state index in [1.807, 2.05) is 19.3 Å². The fourth-order valence-corrected chi connectivity index (χ4v) is 1.48. The van der Waals surface area contributed by atoms with Gasteiger partial charge in [0.15, 0.2) is 17.3 Å². The number of aromatic amines is 1. The van der Waals surface area contributed by atoms with Crippen molar-refractivity contribution < 1.29 is 0 Å². The van der Waals surface area contributed by atoms with E-state index in [1.54, 1.807) is 16.8 Å². The van der Waals surface area contributed by atoms with Crippen LogP contribution in [0.5, 0.6) is 0 Å². The van der Waals surface area contributed by atoms with E-state index in [2.05, 4.69) is 25.7 Å². The molecule has 0 bridgehead atoms. The summed E-state index contributed by atoms with van der Waals surface area (Å²) >= 11 is 0. The molecule has 86 valence electrons. The number of fused-ring (bicyclic) bond motifs is 1. The zero-order valence-corrected chi connectivity index (χ0v) is 8.95. The normalized spacial score (nSPS) is 10.9. The predicted molar refractivity (Wildman–Crippen MR) is 60.1 cm³/mol. The quantitative estimate of drug-likeness (QED) is 0.642. The first kappa shape index (κ1) is 9.58. The lowest BCUT2D eigenvalue weighted by Crippen LogP contribution is -2.13. The van der Waals surface area contributed by atoms with Crippen LogP contribution in [0.2, 0.25) is 0 Å². The molecular formula is C9H9N7O. The topological polar surface area (TPSA) is 92.9 Å². The Morgan fingerprint density at radius 1 is 1.24 bits per heavy atom. The van der Waals surface area contributed by atoms with Crippen LogP contribution in [0.3, 0.4) is 0 Å². The molecule has 0 spiro atoms. The van der Waals surface area contributed by atoms with Gasteiger partial charge in [0, 0.05) is 19.3 Å². The SMILES string of the molecule is Cn1ccc(Nc2ccc3n[nH]c(=O)n3n2)n1. The monoisotopic (exact) mass is 231 g/mol. The average Bonchev–Trinajstić information content (AvgIpc) is 2.87. The van der Waals surface area contributed by atoms with E-state index in [0.717, 1.165) is 0 Å². The summed E-state index contributed by atoms with van der Waals surface area (Å²) in [5.74, 6) is 1.19. The minimum Gasteiger partial charge on any atom is -0.322 e. The second-order valence-corrected chi connectivity index (χ2v) is 3.52. The van der Waals surface area contributed by atoms with E-state index < -0.39 is 0 Å². The van der Waals surface area contributed by atoms with E-state index in [4.69, 9.17) is 0 Å². The highest BCUT2D eigenvalue weighted by molar-refractivity contribution is 5.52. The summed E-state index contributed by atoms with van der Waals surface area (Å²) in [6.45, 7) is 0. The van der Waals surface area contributed by atoms with Crippen LogP contribution in [-0.2, 0) is 7.05 Å². The third-order valence-electron chi connectivity index (χ3n) is 2.24. The number of hydrogen-bond acceptors (Lipinski definition) is 5. The van der Waals surface area contributed by atoms with Crippen molar-refractivity contribution >= 4 is 17.3 Å². The zero-order valence-electron chi connectivity index (χ0n) is 8.95. The second-order valence-electron chi connectivity index (χ2n) is 3.52. The van der Waals surface area contributed by atoms with Crippen molar-refractivity contribution in [2.45, 2.75) is 0 Å². The van der Waals surface area contributed by atoms with Gasteiger partial charge in [0.2, 0.25) is 0 Å². The van der Waals surface area contributed by atoms with Crippen molar-refractivity contribution in [2.24, 2.45) is 7.05 Å². The van der Waals surface area contributed by atoms with Gasteiger partial charge in [0.1, 0.15) is 0 Å². The third kappa shape index (κ3) is 1.65. The molecule has 0 unspecified atom stereocenters. The van der Waals surface area contributed by atoms with Crippen molar-refractivity contribution in [1.29, 1.82) is 0 Å². The average molecular weight is 231 g/mol. The summed E-state index contributed by atoms with van der Waals surface area (Å²) in [5.41, 5.74) is 0.103. The largest absolute Gasteiger partial charge is 0.364 e. The summed E-state index contributed by atoms with van der Waals surface area (Å²) < 4.78 is 2.86. The number of H-pyrrole nitrogens is 1. The molecule has 0 aromatic carbocycles. The molecule has 3 rings (SSSR count). The molecule has 8 heteroatoms. The molecule has 17 heavy (non-hydrogen) atoms. The molecule has 0 radical (unpaired) electrons. The number of hydrogen-bond donors (Lipinski definition) is 2. The van der Waals surface area contributed by atoms with Crippen LogP contribution in [-0.4, -0.2) is 29.6 Å². The number of rotatable bonds is 2. The molecule has 0 amide bonds. The number of aryl methyl sites for hydroxylation is 1. The molecule has 0 aliphatic heterocycles. The van der Waals surface area contributed by atoms with Crippen LogP contribution >= 0.6 is 0 Å². The van der Waals surface area contributed by atoms with Gasteiger partial charge in [0.25, 0.3) is 0 Å². The van der Waals surface area contributed by atoms with Gasteiger partial charge in [-0.15, -0.1) is 5.10 Å². The molecular weight excluding hydrogens is 222 g/mol. The first-order valence-electron chi connectivity index (χ1n) is 4.93. The summed E-state index contributed by atoms with van der Waals surface area (Å²) in [4.78, 5) is 11.3. The molecule has 0 atom stereocenters. The summed E-state index contributed by atoms with van der Waals surface area (Å²) in [5, 5.41) is 17.3. The van der Waals surface area contributed by atoms with Gasteiger partial charge in [-0.05, 0) is 12.1 Å². The predicted octanol–water partition coefficient (Wildman–Crippen LogP) is -0.105. The zero-order chi connectivity index (χ0) is 11.8. The van der Waals surface area contributed by atoms with Gasteiger partial charge in [-0.25, -0.2) is 9.89 Å². The highest BCUT2D eigenvalue weighted by atomic mass is 16.2. The van der Waals surface area contributed by atoms with Gasteiger partial charge < -0.3 is 5.32 Å². The second kappa shape index (κ2) is 3.44. The number of nitrogens with one attached hydrogen (secondary N) is 2. The maximum atomic E-state index is 11.3. The Balaban J connectivity index is 2.00. The lowest BCUT2D eigenvalue weighted by Gasteiger charge is -2.00. The number of aromatic nitrogens is 6. The van der Waals surface area contributed by atoms with E-state index in [-0.39, 0.29) is 5.69 Å². The summed E-state index contributed by atoms with van der Waals surface area (Å²) in [6.07, 6.45) is 1.81. The molecule has 3 aromatic rings. The van der Waals surface area contributed by atoms with Crippen LogP contribution in [0.1, 0.15) is 0 Å². The van der Waals surface area contributed by atoms with Crippen LogP contribution in [0.4, 0.5) is 11.6 Å². The van der Waals surface area contributed by atoms with Gasteiger partial charge in [-0.1, -0.05) is 0 Å². The Bertz CT molecular complexity index is 722. The Morgan fingerprint density at radius 2 is 2.06 bits per heavy atom. The highest BCUT2D eigenvalue weighted by Crippen LogP contribution is 2.10. The highest BCUT2D eigenvalue weighted by Gasteiger charge is 2.03. The molecule has 8 nitrogen and oxygen atoms in total. The fraction of sp³-hybridized carbons (Fsp3) is 0.111. The van der Waals surface area contributed by atoms with Crippen LogP contribution < -0.4 is 11.0 Å². The number of nitrogens with zero attached hydrogens (tertiary/aromatic N) is 5. The molecule has 0 aliphatic rings. The van der Waals surface area contributed by atoms with Gasteiger partial charge in [-0.3, -0.25) is 4.68 Å². The van der Waals surface area contributed by atoms with Crippen molar-refractivity contribution in [3.8, 4) is 0 Å². The van der Waals surface area contributed by atoms with Crippen LogP contribution in [0.25, 0.3) is 5.65 Å². The lowest BCUT2D eigenvalue weighted by atomic mass is 10.5. The van der Waals surface area contributed by atoms with Gasteiger partial charge in [-0.2, -0.15) is 14.7 Å². The molecule has 3 aromatic heterocycles. The Morgan fingerprint density at radius 3 is 2.82 bits per heavy atom. The van der Waals surface area contributed by atoms with Gasteiger partial charge in [0.05, 0.1) is 0 Å². The lowest BCUT2D eigenvalue weighted by molar-refractivity contribution is 0.770. The molecule has 2 N–H and O–H groups in total. The molecule has 0 saturated heterocycles. The maximum Gasteiger partial charge on any atom is 0.364 e. The molecule has 0 fully saturated rings. The Hall–Kier alpha value is -2.64. The van der Waals surface area contributed by atoms with Crippen molar-refractivity contribution in [2.75, 3.05) is 5.32 Å². The smallest absolute Gasteiger partial charge is 0.322 e. The first-order valence-corrected chi connectivity index (χ1v) is 4.93. The van der Waals surface area contributed by atoms with Gasteiger partial charge >= 0.3 is 5.69 Å².